The molecule has 0 radical (unpaired) electrons. The molecule has 1 saturated carbocycles. The molecule has 2 atom stereocenters. The second kappa shape index (κ2) is 3.28. The van der Waals surface area contributed by atoms with Crippen molar-refractivity contribution < 1.29 is 9.90 Å². The van der Waals surface area contributed by atoms with Gasteiger partial charge in [0.15, 0.2) is 0 Å². The van der Waals surface area contributed by atoms with Crippen molar-refractivity contribution in [2.75, 3.05) is 0 Å². The highest BCUT2D eigenvalue weighted by Gasteiger charge is 2.31. The van der Waals surface area contributed by atoms with Gasteiger partial charge in [-0.05, 0) is 19.3 Å². The fraction of sp³-hybridized carbons (Fsp3) is 0.625. The molecule has 6 nitrogen and oxygen atoms in total. The number of nitrogens with one attached hydrogen (secondary N) is 1. The zero-order valence-corrected chi connectivity index (χ0v) is 7.51. The number of hydrogen-bond acceptors (Lipinski definition) is 3. The fourth-order valence-corrected chi connectivity index (χ4v) is 1.95. The summed E-state index contributed by atoms with van der Waals surface area (Å²) in [6, 6.07) is -0.0117. The third-order valence-corrected chi connectivity index (χ3v) is 2.72. The van der Waals surface area contributed by atoms with Crippen molar-refractivity contribution in [3.63, 3.8) is 0 Å². The Morgan fingerprint density at radius 3 is 2.93 bits per heavy atom. The van der Waals surface area contributed by atoms with E-state index in [1.165, 1.54) is 10.9 Å². The number of aliphatic carboxylic acids is 1. The molecule has 0 saturated heterocycles. The van der Waals surface area contributed by atoms with E-state index in [-0.39, 0.29) is 17.6 Å². The van der Waals surface area contributed by atoms with Gasteiger partial charge in [0.25, 0.3) is 0 Å². The van der Waals surface area contributed by atoms with Gasteiger partial charge in [-0.2, -0.15) is 5.10 Å². The minimum absolute atomic E-state index is 0.0117. The molecule has 1 aliphatic rings. The van der Waals surface area contributed by atoms with E-state index in [0.717, 1.165) is 6.42 Å². The lowest BCUT2D eigenvalue weighted by atomic mass is 10.1. The summed E-state index contributed by atoms with van der Waals surface area (Å²) in [5.41, 5.74) is -0.263. The van der Waals surface area contributed by atoms with Crippen LogP contribution in [-0.2, 0) is 4.79 Å². The molecule has 6 heteroatoms. The lowest BCUT2D eigenvalue weighted by molar-refractivity contribution is -0.141. The lowest BCUT2D eigenvalue weighted by Gasteiger charge is -2.08. The number of carboxylic acids is 1. The summed E-state index contributed by atoms with van der Waals surface area (Å²) in [5, 5.41) is 14.7. The quantitative estimate of drug-likeness (QED) is 0.698. The Morgan fingerprint density at radius 1 is 1.64 bits per heavy atom. The number of carboxylic acid groups (broad SMARTS) is 1. The van der Waals surface area contributed by atoms with Gasteiger partial charge in [-0.25, -0.2) is 9.89 Å². The van der Waals surface area contributed by atoms with E-state index < -0.39 is 5.97 Å². The maximum absolute atomic E-state index is 11.2. The Kier molecular flexibility index (Phi) is 2.11. The van der Waals surface area contributed by atoms with Crippen LogP contribution in [0.1, 0.15) is 25.3 Å². The zero-order chi connectivity index (χ0) is 10.1. The van der Waals surface area contributed by atoms with Crippen LogP contribution in [0.5, 0.6) is 0 Å². The van der Waals surface area contributed by atoms with Crippen molar-refractivity contribution in [1.82, 2.24) is 14.8 Å². The van der Waals surface area contributed by atoms with Crippen LogP contribution in [0, 0.1) is 5.92 Å². The summed E-state index contributed by atoms with van der Waals surface area (Å²) in [6.07, 6.45) is 3.32. The van der Waals surface area contributed by atoms with E-state index >= 15 is 0 Å². The molecule has 0 amide bonds. The lowest BCUT2D eigenvalue weighted by Crippen LogP contribution is -2.20. The predicted octanol–water partition coefficient (Wildman–Crippen LogP) is -0.00280. The molecule has 0 spiro atoms. The first-order valence-electron chi connectivity index (χ1n) is 4.53. The maximum atomic E-state index is 11.2. The Hall–Kier alpha value is -1.59. The zero-order valence-electron chi connectivity index (χ0n) is 7.51. The molecule has 1 fully saturated rings. The molecular weight excluding hydrogens is 186 g/mol. The van der Waals surface area contributed by atoms with Crippen LogP contribution in [-0.4, -0.2) is 25.8 Å². The minimum Gasteiger partial charge on any atom is -0.481 e. The molecule has 0 aromatic carbocycles. The van der Waals surface area contributed by atoms with Crippen molar-refractivity contribution in [2.45, 2.75) is 25.3 Å². The molecule has 0 bridgehead atoms. The number of aromatic amines is 1. The summed E-state index contributed by atoms with van der Waals surface area (Å²) in [5.74, 6) is -1.09. The number of rotatable bonds is 2. The molecule has 1 heterocycles. The van der Waals surface area contributed by atoms with Crippen LogP contribution < -0.4 is 5.69 Å². The molecule has 1 aliphatic carbocycles. The van der Waals surface area contributed by atoms with Gasteiger partial charge in [-0.3, -0.25) is 9.36 Å². The van der Waals surface area contributed by atoms with Crippen molar-refractivity contribution in [3.8, 4) is 0 Å². The molecule has 0 aliphatic heterocycles. The summed E-state index contributed by atoms with van der Waals surface area (Å²) >= 11 is 0. The second-order valence-electron chi connectivity index (χ2n) is 3.57. The van der Waals surface area contributed by atoms with Gasteiger partial charge < -0.3 is 5.11 Å². The number of H-pyrrole nitrogens is 1. The Labute approximate surface area is 79.6 Å². The van der Waals surface area contributed by atoms with Crippen LogP contribution in [0.15, 0.2) is 11.1 Å². The van der Waals surface area contributed by atoms with Crippen molar-refractivity contribution in [1.29, 1.82) is 0 Å². The first-order valence-corrected chi connectivity index (χ1v) is 4.53. The SMILES string of the molecule is O=C(O)C1CCC(n2cn[nH]c2=O)C1. The van der Waals surface area contributed by atoms with Gasteiger partial charge in [0, 0.05) is 6.04 Å². The van der Waals surface area contributed by atoms with Gasteiger partial charge in [-0.1, -0.05) is 0 Å². The molecular formula is C8H11N3O3. The van der Waals surface area contributed by atoms with Crippen LogP contribution in [0.2, 0.25) is 0 Å². The standard InChI is InChI=1S/C8H11N3O3/c12-7(13)5-1-2-6(3-5)11-4-9-10-8(11)14/h4-6H,1-3H2,(H,10,14)(H,12,13). The molecule has 1 aromatic rings. The van der Waals surface area contributed by atoms with E-state index in [0.29, 0.717) is 12.8 Å². The second-order valence-corrected chi connectivity index (χ2v) is 3.57. The third kappa shape index (κ3) is 1.43. The topological polar surface area (TPSA) is 88.0 Å². The number of carbonyl (C=O) groups is 1. The molecule has 14 heavy (non-hydrogen) atoms. The monoisotopic (exact) mass is 197 g/mol. The highest BCUT2D eigenvalue weighted by Crippen LogP contribution is 2.33. The van der Waals surface area contributed by atoms with Crippen molar-refractivity contribution in [3.05, 3.63) is 16.8 Å². The summed E-state index contributed by atoms with van der Waals surface area (Å²) < 4.78 is 1.48. The average Bonchev–Trinajstić information content (AvgIpc) is 2.71. The molecule has 76 valence electrons. The van der Waals surface area contributed by atoms with Crippen molar-refractivity contribution in [2.24, 2.45) is 5.92 Å². The summed E-state index contributed by atoms with van der Waals surface area (Å²) in [7, 11) is 0. The van der Waals surface area contributed by atoms with E-state index in [1.807, 2.05) is 0 Å². The Bertz CT molecular complexity index is 395. The van der Waals surface area contributed by atoms with Gasteiger partial charge in [0.1, 0.15) is 6.33 Å². The van der Waals surface area contributed by atoms with Gasteiger partial charge in [0.05, 0.1) is 5.92 Å². The van der Waals surface area contributed by atoms with Gasteiger partial charge >= 0.3 is 11.7 Å². The molecule has 1 aromatic heterocycles. The highest BCUT2D eigenvalue weighted by molar-refractivity contribution is 5.70. The van der Waals surface area contributed by atoms with Gasteiger partial charge in [-0.15, -0.1) is 0 Å². The Balaban J connectivity index is 2.13. The van der Waals surface area contributed by atoms with Crippen LogP contribution in [0.4, 0.5) is 0 Å². The normalized spacial score (nSPS) is 26.6. The Morgan fingerprint density at radius 2 is 2.43 bits per heavy atom. The first kappa shape index (κ1) is 8.98. The molecule has 2 rings (SSSR count). The molecule has 2 unspecified atom stereocenters. The maximum Gasteiger partial charge on any atom is 0.343 e. The van der Waals surface area contributed by atoms with Crippen LogP contribution >= 0.6 is 0 Å². The average molecular weight is 197 g/mol. The third-order valence-electron chi connectivity index (χ3n) is 2.72. The highest BCUT2D eigenvalue weighted by atomic mass is 16.4. The minimum atomic E-state index is -0.774. The van der Waals surface area contributed by atoms with E-state index in [1.54, 1.807) is 0 Å². The number of hydrogen-bond donors (Lipinski definition) is 2. The predicted molar refractivity (Wildman–Crippen MR) is 46.9 cm³/mol. The van der Waals surface area contributed by atoms with E-state index in [2.05, 4.69) is 10.2 Å². The number of aromatic nitrogens is 3. The summed E-state index contributed by atoms with van der Waals surface area (Å²) in [4.78, 5) is 21.9. The number of nitrogens with zero attached hydrogens (tertiary/aromatic N) is 2. The van der Waals surface area contributed by atoms with Crippen LogP contribution in [0.25, 0.3) is 0 Å². The van der Waals surface area contributed by atoms with Crippen LogP contribution in [0.3, 0.4) is 0 Å². The fourth-order valence-electron chi connectivity index (χ4n) is 1.95. The largest absolute Gasteiger partial charge is 0.481 e. The smallest absolute Gasteiger partial charge is 0.343 e. The van der Waals surface area contributed by atoms with E-state index in [4.69, 9.17) is 5.11 Å². The van der Waals surface area contributed by atoms with Gasteiger partial charge in [0.2, 0.25) is 0 Å². The first-order chi connectivity index (χ1) is 6.68. The van der Waals surface area contributed by atoms with E-state index in [9.17, 15) is 9.59 Å². The van der Waals surface area contributed by atoms with Crippen molar-refractivity contribution >= 4 is 5.97 Å². The summed E-state index contributed by atoms with van der Waals surface area (Å²) in [6.45, 7) is 0. The molecule has 2 N–H and O–H groups in total.